The normalized spacial score (nSPS) is 12.4. The van der Waals surface area contributed by atoms with Crippen LogP contribution in [0.2, 0.25) is 0 Å². The molecule has 0 aliphatic heterocycles. The number of hydrogen-bond donors (Lipinski definition) is 3. The molecule has 1 atom stereocenters. The lowest BCUT2D eigenvalue weighted by atomic mass is 10.1. The van der Waals surface area contributed by atoms with Gasteiger partial charge in [-0.05, 0) is 17.7 Å². The van der Waals surface area contributed by atoms with Crippen LogP contribution in [0.4, 0.5) is 0 Å². The number of nitrogens with two attached hydrogens (primary N) is 2. The van der Waals surface area contributed by atoms with Crippen LogP contribution in [0.3, 0.4) is 0 Å². The molecule has 5 N–H and O–H groups in total. The van der Waals surface area contributed by atoms with Gasteiger partial charge in [0.2, 0.25) is 0 Å². The maximum Gasteiger partial charge on any atom is 0.320 e. The third-order valence-corrected chi connectivity index (χ3v) is 1.86. The van der Waals surface area contributed by atoms with E-state index in [0.29, 0.717) is 12.2 Å². The highest BCUT2D eigenvalue weighted by atomic mass is 16.4. The Morgan fingerprint density at radius 2 is 2.36 bits per heavy atom. The molecular formula is C9H13N3O2. The molecule has 0 saturated heterocycles. The summed E-state index contributed by atoms with van der Waals surface area (Å²) in [6.45, 7) is 0.415. The number of hydrogen-bond acceptors (Lipinski definition) is 4. The van der Waals surface area contributed by atoms with Gasteiger partial charge in [-0.2, -0.15) is 0 Å². The van der Waals surface area contributed by atoms with Crippen molar-refractivity contribution < 1.29 is 9.90 Å². The lowest BCUT2D eigenvalue weighted by Crippen LogP contribution is -2.32. The Kier molecular flexibility index (Phi) is 3.55. The van der Waals surface area contributed by atoms with Crippen molar-refractivity contribution in [3.8, 4) is 0 Å². The largest absolute Gasteiger partial charge is 0.480 e. The van der Waals surface area contributed by atoms with E-state index in [9.17, 15) is 4.79 Å². The minimum Gasteiger partial charge on any atom is -0.480 e. The number of nitrogens with zero attached hydrogens (tertiary/aromatic N) is 1. The summed E-state index contributed by atoms with van der Waals surface area (Å²) >= 11 is 0. The molecule has 0 radical (unpaired) electrons. The van der Waals surface area contributed by atoms with Crippen molar-refractivity contribution in [1.82, 2.24) is 4.98 Å². The zero-order valence-electron chi connectivity index (χ0n) is 7.68. The predicted octanol–water partition coefficient (Wildman–Crippen LogP) is -0.505. The second-order valence-corrected chi connectivity index (χ2v) is 3.01. The second kappa shape index (κ2) is 4.69. The quantitative estimate of drug-likeness (QED) is 0.600. The van der Waals surface area contributed by atoms with Gasteiger partial charge < -0.3 is 16.6 Å². The van der Waals surface area contributed by atoms with Crippen LogP contribution in [0.15, 0.2) is 18.3 Å². The summed E-state index contributed by atoms with van der Waals surface area (Å²) in [5, 5.41) is 8.59. The van der Waals surface area contributed by atoms with Gasteiger partial charge in [0.1, 0.15) is 6.04 Å². The minimum absolute atomic E-state index is 0.225. The molecule has 1 aromatic heterocycles. The molecule has 0 spiro atoms. The van der Waals surface area contributed by atoms with Crippen molar-refractivity contribution in [2.75, 3.05) is 0 Å². The highest BCUT2D eigenvalue weighted by Crippen LogP contribution is 2.03. The standard InChI is InChI=1S/C9H13N3O2/c10-5-6-1-2-12-7(3-6)4-8(11)9(13)14/h1-3,8H,4-5,10-11H2,(H,13,14)/t8-/m0/s1. The van der Waals surface area contributed by atoms with Gasteiger partial charge in [0.05, 0.1) is 0 Å². The Morgan fingerprint density at radius 1 is 1.64 bits per heavy atom. The Balaban J connectivity index is 2.71. The Hall–Kier alpha value is -1.46. The summed E-state index contributed by atoms with van der Waals surface area (Å²) in [6.07, 6.45) is 1.83. The van der Waals surface area contributed by atoms with Gasteiger partial charge in [-0.1, -0.05) is 0 Å². The first-order valence-corrected chi connectivity index (χ1v) is 4.25. The molecule has 1 rings (SSSR count). The van der Waals surface area contributed by atoms with Crippen LogP contribution < -0.4 is 11.5 Å². The molecule has 0 aliphatic rings. The fourth-order valence-corrected chi connectivity index (χ4v) is 1.08. The Bertz CT molecular complexity index is 328. The van der Waals surface area contributed by atoms with E-state index in [0.717, 1.165) is 5.56 Å². The van der Waals surface area contributed by atoms with Gasteiger partial charge in [0.15, 0.2) is 0 Å². The Morgan fingerprint density at radius 3 is 2.93 bits per heavy atom. The van der Waals surface area contributed by atoms with Crippen molar-refractivity contribution in [3.05, 3.63) is 29.6 Å². The van der Waals surface area contributed by atoms with E-state index in [1.54, 1.807) is 18.3 Å². The van der Waals surface area contributed by atoms with Crippen LogP contribution in [0.5, 0.6) is 0 Å². The molecule has 14 heavy (non-hydrogen) atoms. The molecule has 1 heterocycles. The molecule has 0 fully saturated rings. The van der Waals surface area contributed by atoms with E-state index in [-0.39, 0.29) is 6.42 Å². The highest BCUT2D eigenvalue weighted by Gasteiger charge is 2.12. The van der Waals surface area contributed by atoms with E-state index >= 15 is 0 Å². The van der Waals surface area contributed by atoms with Crippen LogP contribution >= 0.6 is 0 Å². The third-order valence-electron chi connectivity index (χ3n) is 1.86. The molecule has 0 saturated carbocycles. The summed E-state index contributed by atoms with van der Waals surface area (Å²) in [6, 6.07) is 2.65. The van der Waals surface area contributed by atoms with Crippen LogP contribution in [0, 0.1) is 0 Å². The summed E-state index contributed by atoms with van der Waals surface area (Å²) in [5.41, 5.74) is 12.4. The maximum absolute atomic E-state index is 10.5. The maximum atomic E-state index is 10.5. The lowest BCUT2D eigenvalue weighted by molar-refractivity contribution is -0.138. The third kappa shape index (κ3) is 2.79. The molecule has 0 aromatic carbocycles. The number of aromatic nitrogens is 1. The van der Waals surface area contributed by atoms with Gasteiger partial charge in [-0.25, -0.2) is 0 Å². The smallest absolute Gasteiger partial charge is 0.320 e. The lowest BCUT2D eigenvalue weighted by Gasteiger charge is -2.06. The molecule has 0 aliphatic carbocycles. The summed E-state index contributed by atoms with van der Waals surface area (Å²) < 4.78 is 0. The van der Waals surface area contributed by atoms with Gasteiger partial charge in [0.25, 0.3) is 0 Å². The van der Waals surface area contributed by atoms with Crippen LogP contribution in [0.25, 0.3) is 0 Å². The molecule has 0 amide bonds. The summed E-state index contributed by atoms with van der Waals surface area (Å²) in [5.74, 6) is -1.02. The van der Waals surface area contributed by atoms with Gasteiger partial charge in [0, 0.05) is 24.9 Å². The van der Waals surface area contributed by atoms with Crippen molar-refractivity contribution in [3.63, 3.8) is 0 Å². The topological polar surface area (TPSA) is 102 Å². The van der Waals surface area contributed by atoms with Crippen molar-refractivity contribution in [2.24, 2.45) is 11.5 Å². The predicted molar refractivity (Wildman–Crippen MR) is 51.4 cm³/mol. The fraction of sp³-hybridized carbons (Fsp3) is 0.333. The highest BCUT2D eigenvalue weighted by molar-refractivity contribution is 5.73. The minimum atomic E-state index is -1.02. The first-order chi connectivity index (χ1) is 6.63. The van der Waals surface area contributed by atoms with Gasteiger partial charge in [-0.15, -0.1) is 0 Å². The average molecular weight is 195 g/mol. The van der Waals surface area contributed by atoms with Crippen molar-refractivity contribution in [1.29, 1.82) is 0 Å². The van der Waals surface area contributed by atoms with Crippen molar-refractivity contribution >= 4 is 5.97 Å². The second-order valence-electron chi connectivity index (χ2n) is 3.01. The molecular weight excluding hydrogens is 182 g/mol. The van der Waals surface area contributed by atoms with E-state index in [4.69, 9.17) is 16.6 Å². The number of pyridine rings is 1. The first-order valence-electron chi connectivity index (χ1n) is 4.25. The molecule has 5 heteroatoms. The van der Waals surface area contributed by atoms with E-state index < -0.39 is 12.0 Å². The summed E-state index contributed by atoms with van der Waals surface area (Å²) in [7, 11) is 0. The van der Waals surface area contributed by atoms with E-state index in [1.807, 2.05) is 0 Å². The zero-order chi connectivity index (χ0) is 10.6. The number of carboxylic acids is 1. The first kappa shape index (κ1) is 10.6. The van der Waals surface area contributed by atoms with Crippen LogP contribution in [0.1, 0.15) is 11.3 Å². The number of carbonyl (C=O) groups is 1. The zero-order valence-corrected chi connectivity index (χ0v) is 7.68. The Labute approximate surface area is 81.7 Å². The molecule has 0 bridgehead atoms. The molecule has 1 aromatic rings. The fourth-order valence-electron chi connectivity index (χ4n) is 1.08. The van der Waals surface area contributed by atoms with Crippen molar-refractivity contribution in [2.45, 2.75) is 19.0 Å². The molecule has 0 unspecified atom stereocenters. The SMILES string of the molecule is NCc1ccnc(C[C@H](N)C(=O)O)c1. The summed E-state index contributed by atoms with van der Waals surface area (Å²) in [4.78, 5) is 14.5. The molecule has 5 nitrogen and oxygen atoms in total. The van der Waals surface area contributed by atoms with Crippen LogP contribution in [-0.4, -0.2) is 22.1 Å². The number of carboxylic acid groups (broad SMARTS) is 1. The average Bonchev–Trinajstić information content (AvgIpc) is 2.18. The molecule has 76 valence electrons. The number of aliphatic carboxylic acids is 1. The number of rotatable bonds is 4. The monoisotopic (exact) mass is 195 g/mol. The van der Waals surface area contributed by atoms with E-state index in [1.165, 1.54) is 0 Å². The van der Waals surface area contributed by atoms with Gasteiger partial charge in [-0.3, -0.25) is 9.78 Å². The van der Waals surface area contributed by atoms with Crippen LogP contribution in [-0.2, 0) is 17.8 Å². The van der Waals surface area contributed by atoms with E-state index in [2.05, 4.69) is 4.98 Å². The van der Waals surface area contributed by atoms with Gasteiger partial charge >= 0.3 is 5.97 Å².